The van der Waals surface area contributed by atoms with Crippen molar-refractivity contribution in [2.45, 2.75) is 13.8 Å². The molecular weight excluding hydrogens is 204 g/mol. The average molecular weight is 220 g/mol. The summed E-state index contributed by atoms with van der Waals surface area (Å²) >= 11 is 0. The minimum Gasteiger partial charge on any atom is -0.506 e. The van der Waals surface area contributed by atoms with Gasteiger partial charge in [0.05, 0.1) is 5.69 Å². The summed E-state index contributed by atoms with van der Waals surface area (Å²) in [6.07, 6.45) is 1.91. The topological polar surface area (TPSA) is 75.4 Å². The largest absolute Gasteiger partial charge is 0.506 e. The lowest BCUT2D eigenvalue weighted by atomic mass is 10.2. The molecule has 0 unspecified atom stereocenters. The fourth-order valence-corrected chi connectivity index (χ4v) is 1.13. The van der Waals surface area contributed by atoms with Gasteiger partial charge in [-0.05, 0) is 32.0 Å². The zero-order valence-electron chi connectivity index (χ0n) is 9.45. The van der Waals surface area contributed by atoms with Crippen LogP contribution in [-0.4, -0.2) is 17.6 Å². The minimum absolute atomic E-state index is 0.0742. The zero-order valence-corrected chi connectivity index (χ0v) is 9.45. The maximum Gasteiger partial charge on any atom is 0.251 e. The van der Waals surface area contributed by atoms with Gasteiger partial charge >= 0.3 is 0 Å². The second-order valence-corrected chi connectivity index (χ2v) is 3.77. The number of nitrogen functional groups attached to an aromatic ring is 1. The van der Waals surface area contributed by atoms with Crippen molar-refractivity contribution in [2.24, 2.45) is 0 Å². The molecule has 0 bridgehead atoms. The molecular formula is C12H16N2O2. The van der Waals surface area contributed by atoms with Crippen LogP contribution in [0.4, 0.5) is 5.69 Å². The molecule has 0 spiro atoms. The Hall–Kier alpha value is -1.97. The number of hydrogen-bond donors (Lipinski definition) is 3. The van der Waals surface area contributed by atoms with Crippen LogP contribution in [0.1, 0.15) is 24.2 Å². The van der Waals surface area contributed by atoms with Crippen LogP contribution in [0.25, 0.3) is 0 Å². The molecule has 0 atom stereocenters. The fourth-order valence-electron chi connectivity index (χ4n) is 1.13. The van der Waals surface area contributed by atoms with Crippen molar-refractivity contribution in [3.63, 3.8) is 0 Å². The Bertz CT molecular complexity index is 421. The fraction of sp³-hybridized carbons (Fsp3) is 0.250. The van der Waals surface area contributed by atoms with E-state index in [-0.39, 0.29) is 17.3 Å². The summed E-state index contributed by atoms with van der Waals surface area (Å²) in [5.74, 6) is -0.303. The number of nitrogens with one attached hydrogen (secondary N) is 1. The first kappa shape index (κ1) is 12.1. The van der Waals surface area contributed by atoms with E-state index < -0.39 is 0 Å². The highest BCUT2D eigenvalue weighted by molar-refractivity contribution is 5.95. The van der Waals surface area contributed by atoms with E-state index in [9.17, 15) is 9.90 Å². The normalized spacial score (nSPS) is 9.62. The zero-order chi connectivity index (χ0) is 12.1. The molecule has 1 aromatic carbocycles. The van der Waals surface area contributed by atoms with E-state index in [4.69, 9.17) is 5.73 Å². The Labute approximate surface area is 94.8 Å². The van der Waals surface area contributed by atoms with Crippen molar-refractivity contribution in [3.05, 3.63) is 35.4 Å². The SMILES string of the molecule is CC(C)=CCNC(=O)c1ccc(N)c(O)c1. The molecule has 4 nitrogen and oxygen atoms in total. The quantitative estimate of drug-likeness (QED) is 0.412. The highest BCUT2D eigenvalue weighted by atomic mass is 16.3. The van der Waals surface area contributed by atoms with Crippen LogP contribution in [0.3, 0.4) is 0 Å². The third kappa shape index (κ3) is 3.31. The van der Waals surface area contributed by atoms with Crippen molar-refractivity contribution in [3.8, 4) is 5.75 Å². The number of allylic oxidation sites excluding steroid dienone is 1. The lowest BCUT2D eigenvalue weighted by molar-refractivity contribution is 0.0957. The molecule has 1 amide bonds. The van der Waals surface area contributed by atoms with E-state index in [2.05, 4.69) is 5.32 Å². The Morgan fingerprint density at radius 3 is 2.75 bits per heavy atom. The summed E-state index contributed by atoms with van der Waals surface area (Å²) in [4.78, 5) is 11.6. The Balaban J connectivity index is 2.66. The number of aromatic hydroxyl groups is 1. The predicted molar refractivity (Wildman–Crippen MR) is 64.3 cm³/mol. The molecule has 1 aromatic rings. The molecule has 0 saturated heterocycles. The highest BCUT2D eigenvalue weighted by Gasteiger charge is 2.06. The monoisotopic (exact) mass is 220 g/mol. The molecule has 0 aliphatic carbocycles. The molecule has 4 N–H and O–H groups in total. The third-order valence-corrected chi connectivity index (χ3v) is 2.07. The van der Waals surface area contributed by atoms with Crippen molar-refractivity contribution in [1.82, 2.24) is 5.32 Å². The van der Waals surface area contributed by atoms with E-state index in [1.54, 1.807) is 6.07 Å². The minimum atomic E-state index is -0.229. The van der Waals surface area contributed by atoms with E-state index >= 15 is 0 Å². The van der Waals surface area contributed by atoms with Crippen LogP contribution < -0.4 is 11.1 Å². The molecule has 0 fully saturated rings. The van der Waals surface area contributed by atoms with Gasteiger partial charge < -0.3 is 16.2 Å². The number of carbonyl (C=O) groups is 1. The van der Waals surface area contributed by atoms with Crippen molar-refractivity contribution >= 4 is 11.6 Å². The Kier molecular flexibility index (Phi) is 3.94. The summed E-state index contributed by atoms with van der Waals surface area (Å²) in [5.41, 5.74) is 7.24. The molecule has 0 radical (unpaired) electrons. The molecule has 4 heteroatoms. The van der Waals surface area contributed by atoms with Crippen molar-refractivity contribution < 1.29 is 9.90 Å². The summed E-state index contributed by atoms with van der Waals surface area (Å²) < 4.78 is 0. The van der Waals surface area contributed by atoms with Crippen LogP contribution in [0.2, 0.25) is 0 Å². The number of carbonyl (C=O) groups excluding carboxylic acids is 1. The van der Waals surface area contributed by atoms with E-state index in [0.29, 0.717) is 12.1 Å². The van der Waals surface area contributed by atoms with Crippen LogP contribution in [0.15, 0.2) is 29.8 Å². The molecule has 86 valence electrons. The third-order valence-electron chi connectivity index (χ3n) is 2.07. The average Bonchev–Trinajstić information content (AvgIpc) is 2.21. The van der Waals surface area contributed by atoms with Gasteiger partial charge in [0, 0.05) is 12.1 Å². The number of phenols is 1. The lowest BCUT2D eigenvalue weighted by Crippen LogP contribution is -2.23. The van der Waals surface area contributed by atoms with Crippen LogP contribution in [0.5, 0.6) is 5.75 Å². The van der Waals surface area contributed by atoms with E-state index in [1.807, 2.05) is 19.9 Å². The predicted octanol–water partition coefficient (Wildman–Crippen LogP) is 1.67. The maximum absolute atomic E-state index is 11.6. The second kappa shape index (κ2) is 5.21. The summed E-state index contributed by atoms with van der Waals surface area (Å²) in [6, 6.07) is 4.44. The van der Waals surface area contributed by atoms with Crippen LogP contribution >= 0.6 is 0 Å². The Morgan fingerprint density at radius 1 is 1.50 bits per heavy atom. The van der Waals surface area contributed by atoms with Crippen LogP contribution in [0, 0.1) is 0 Å². The number of amides is 1. The number of nitrogens with two attached hydrogens (primary N) is 1. The first-order valence-electron chi connectivity index (χ1n) is 5.00. The summed E-state index contributed by atoms with van der Waals surface area (Å²) in [5, 5.41) is 12.1. The Morgan fingerprint density at radius 2 is 2.19 bits per heavy atom. The number of benzene rings is 1. The van der Waals surface area contributed by atoms with E-state index in [1.165, 1.54) is 12.1 Å². The summed E-state index contributed by atoms with van der Waals surface area (Å²) in [6.45, 7) is 4.40. The maximum atomic E-state index is 11.6. The van der Waals surface area contributed by atoms with Gasteiger partial charge in [-0.1, -0.05) is 11.6 Å². The van der Waals surface area contributed by atoms with Crippen molar-refractivity contribution in [1.29, 1.82) is 0 Å². The van der Waals surface area contributed by atoms with E-state index in [0.717, 1.165) is 5.57 Å². The van der Waals surface area contributed by atoms with Crippen LogP contribution in [-0.2, 0) is 0 Å². The van der Waals surface area contributed by atoms with Gasteiger partial charge in [-0.25, -0.2) is 0 Å². The van der Waals surface area contributed by atoms with Gasteiger partial charge in [0.2, 0.25) is 0 Å². The number of anilines is 1. The van der Waals surface area contributed by atoms with Gasteiger partial charge in [0.25, 0.3) is 5.91 Å². The standard InChI is InChI=1S/C12H16N2O2/c1-8(2)5-6-14-12(16)9-3-4-10(13)11(15)7-9/h3-5,7,15H,6,13H2,1-2H3,(H,14,16). The second-order valence-electron chi connectivity index (χ2n) is 3.77. The van der Waals surface area contributed by atoms with Gasteiger partial charge in [-0.3, -0.25) is 4.79 Å². The molecule has 0 aliphatic rings. The molecule has 1 rings (SSSR count). The van der Waals surface area contributed by atoms with Gasteiger partial charge in [0.15, 0.2) is 0 Å². The van der Waals surface area contributed by atoms with Gasteiger partial charge in [-0.15, -0.1) is 0 Å². The molecule has 16 heavy (non-hydrogen) atoms. The highest BCUT2D eigenvalue weighted by Crippen LogP contribution is 2.20. The molecule has 0 saturated carbocycles. The van der Waals surface area contributed by atoms with Gasteiger partial charge in [-0.2, -0.15) is 0 Å². The molecule has 0 aliphatic heterocycles. The smallest absolute Gasteiger partial charge is 0.251 e. The van der Waals surface area contributed by atoms with Crippen molar-refractivity contribution in [2.75, 3.05) is 12.3 Å². The first-order valence-corrected chi connectivity index (χ1v) is 5.00. The number of phenolic OH excluding ortho intramolecular Hbond substituents is 1. The molecule has 0 heterocycles. The number of rotatable bonds is 3. The number of hydrogen-bond acceptors (Lipinski definition) is 3. The lowest BCUT2D eigenvalue weighted by Gasteiger charge is -2.04. The molecule has 0 aromatic heterocycles. The van der Waals surface area contributed by atoms with Gasteiger partial charge in [0.1, 0.15) is 5.75 Å². The summed E-state index contributed by atoms with van der Waals surface area (Å²) in [7, 11) is 0. The first-order chi connectivity index (χ1) is 7.50.